The fourth-order valence-corrected chi connectivity index (χ4v) is 4.38. The predicted octanol–water partition coefficient (Wildman–Crippen LogP) is 2.47. The van der Waals surface area contributed by atoms with Gasteiger partial charge in [0.15, 0.2) is 11.5 Å². The largest absolute Gasteiger partial charge is 0.454 e. The van der Waals surface area contributed by atoms with Gasteiger partial charge in [-0.1, -0.05) is 0 Å². The normalized spacial score (nSPS) is 27.5. The second kappa shape index (κ2) is 5.46. The van der Waals surface area contributed by atoms with Gasteiger partial charge >= 0.3 is 0 Å². The molecule has 0 saturated carbocycles. The summed E-state index contributed by atoms with van der Waals surface area (Å²) in [7, 11) is 0. The van der Waals surface area contributed by atoms with E-state index in [4.69, 9.17) is 14.2 Å². The summed E-state index contributed by atoms with van der Waals surface area (Å²) in [5.41, 5.74) is 0.635. The highest BCUT2D eigenvalue weighted by Gasteiger charge is 2.44. The topological polar surface area (TPSA) is 60.9 Å². The Kier molecular flexibility index (Phi) is 3.24. The molecule has 3 atom stereocenters. The lowest BCUT2D eigenvalue weighted by atomic mass is 10.0. The summed E-state index contributed by atoms with van der Waals surface area (Å²) < 4.78 is 16.8. The molecule has 0 radical (unpaired) electrons. The average Bonchev–Trinajstić information content (AvgIpc) is 3.34. The third-order valence-corrected chi connectivity index (χ3v) is 5.74. The van der Waals surface area contributed by atoms with Crippen LogP contribution in [0.2, 0.25) is 0 Å². The van der Waals surface area contributed by atoms with Crippen LogP contribution in [-0.4, -0.2) is 41.8 Å². The summed E-state index contributed by atoms with van der Waals surface area (Å²) in [5, 5.41) is 3.01. The van der Waals surface area contributed by atoms with Crippen LogP contribution in [0.15, 0.2) is 29.8 Å². The molecule has 24 heavy (non-hydrogen) atoms. The summed E-state index contributed by atoms with van der Waals surface area (Å²) in [5.74, 6) is 1.74. The lowest BCUT2D eigenvalue weighted by molar-refractivity contribution is 0.0354. The second-order valence-electron chi connectivity index (χ2n) is 6.31. The number of hydrogen-bond acceptors (Lipinski definition) is 6. The Morgan fingerprint density at radius 1 is 1.25 bits per heavy atom. The monoisotopic (exact) mass is 344 g/mol. The molecular weight excluding hydrogens is 328 g/mol. The lowest BCUT2D eigenvalue weighted by Crippen LogP contribution is -2.30. The van der Waals surface area contributed by atoms with Gasteiger partial charge in [0.05, 0.1) is 6.10 Å². The van der Waals surface area contributed by atoms with E-state index in [1.54, 1.807) is 29.5 Å². The number of benzene rings is 1. The molecule has 0 bridgehead atoms. The molecule has 0 N–H and O–H groups in total. The highest BCUT2D eigenvalue weighted by Crippen LogP contribution is 2.42. The van der Waals surface area contributed by atoms with Gasteiger partial charge in [-0.05, 0) is 24.6 Å². The highest BCUT2D eigenvalue weighted by atomic mass is 32.1. The molecule has 6 nitrogen and oxygen atoms in total. The van der Waals surface area contributed by atoms with Crippen molar-refractivity contribution in [2.45, 2.75) is 18.6 Å². The van der Waals surface area contributed by atoms with Gasteiger partial charge in [0.1, 0.15) is 11.1 Å². The van der Waals surface area contributed by atoms with E-state index in [0.717, 1.165) is 18.0 Å². The number of likely N-dealkylation sites (tertiary alicyclic amines) is 1. The molecule has 4 heterocycles. The summed E-state index contributed by atoms with van der Waals surface area (Å²) >= 11 is 1.63. The van der Waals surface area contributed by atoms with Crippen molar-refractivity contribution in [3.8, 4) is 11.5 Å². The number of rotatable bonds is 2. The van der Waals surface area contributed by atoms with Crippen molar-refractivity contribution >= 4 is 17.2 Å². The number of amides is 1. The first-order valence-corrected chi connectivity index (χ1v) is 8.89. The molecule has 2 saturated heterocycles. The van der Waals surface area contributed by atoms with Crippen LogP contribution in [0.1, 0.15) is 27.9 Å². The van der Waals surface area contributed by atoms with Gasteiger partial charge in [0, 0.05) is 36.1 Å². The van der Waals surface area contributed by atoms with E-state index in [-0.39, 0.29) is 24.9 Å². The zero-order valence-corrected chi connectivity index (χ0v) is 13.7. The number of nitrogens with zero attached hydrogens (tertiary/aromatic N) is 2. The molecule has 3 aliphatic heterocycles. The van der Waals surface area contributed by atoms with Gasteiger partial charge in [-0.25, -0.2) is 4.98 Å². The molecular formula is C17H16N2O4S. The van der Waals surface area contributed by atoms with Crippen molar-refractivity contribution in [1.82, 2.24) is 9.88 Å². The smallest absolute Gasteiger partial charge is 0.254 e. The average molecular weight is 344 g/mol. The van der Waals surface area contributed by atoms with Crippen LogP contribution < -0.4 is 9.47 Å². The van der Waals surface area contributed by atoms with E-state index in [1.807, 2.05) is 16.5 Å². The van der Waals surface area contributed by atoms with E-state index in [2.05, 4.69) is 4.98 Å². The Balaban J connectivity index is 1.28. The minimum Gasteiger partial charge on any atom is -0.454 e. The number of hydrogen-bond donors (Lipinski definition) is 0. The minimum absolute atomic E-state index is 0.0251. The zero-order valence-electron chi connectivity index (χ0n) is 12.9. The number of fused-ring (bicyclic) bond motifs is 2. The van der Waals surface area contributed by atoms with Gasteiger partial charge in [0.2, 0.25) is 6.79 Å². The molecule has 5 rings (SSSR count). The Morgan fingerprint density at radius 3 is 3.00 bits per heavy atom. The maximum absolute atomic E-state index is 12.8. The van der Waals surface area contributed by atoms with Crippen molar-refractivity contribution in [3.63, 3.8) is 0 Å². The SMILES string of the molecule is O=C(c1ccc2c(c1)OCO2)N1C[C@@H]2C[C@@H](c3nccs3)O[C@@H]2C1. The first-order chi connectivity index (χ1) is 11.8. The van der Waals surface area contributed by atoms with Crippen LogP contribution in [0.4, 0.5) is 0 Å². The van der Waals surface area contributed by atoms with Crippen molar-refractivity contribution in [2.24, 2.45) is 5.92 Å². The number of ether oxygens (including phenoxy) is 3. The molecule has 124 valence electrons. The summed E-state index contributed by atoms with van der Waals surface area (Å²) in [6.45, 7) is 1.59. The van der Waals surface area contributed by atoms with Crippen LogP contribution in [-0.2, 0) is 4.74 Å². The highest BCUT2D eigenvalue weighted by molar-refractivity contribution is 7.09. The van der Waals surface area contributed by atoms with Gasteiger partial charge in [-0.3, -0.25) is 4.79 Å². The molecule has 0 spiro atoms. The number of thiazole rings is 1. The molecule has 0 aliphatic carbocycles. The molecule has 1 aromatic carbocycles. The van der Waals surface area contributed by atoms with Crippen LogP contribution in [0, 0.1) is 5.92 Å². The van der Waals surface area contributed by atoms with Crippen molar-refractivity contribution in [2.75, 3.05) is 19.9 Å². The summed E-state index contributed by atoms with van der Waals surface area (Å²) in [6.07, 6.45) is 2.94. The fraction of sp³-hybridized carbons (Fsp3) is 0.412. The first kappa shape index (κ1) is 14.2. The molecule has 3 aliphatic rings. The fourth-order valence-electron chi connectivity index (χ4n) is 3.69. The van der Waals surface area contributed by atoms with Gasteiger partial charge in [-0.15, -0.1) is 11.3 Å². The first-order valence-electron chi connectivity index (χ1n) is 8.02. The minimum atomic E-state index is 0.0251. The molecule has 0 unspecified atom stereocenters. The standard InChI is InChI=1S/C17H16N2O4S/c20-17(10-1-2-12-13(5-10)22-9-21-12)19-7-11-6-14(23-15(11)8-19)16-18-3-4-24-16/h1-5,11,14-15H,6-9H2/t11-,14-,15+/m0/s1. The van der Waals surface area contributed by atoms with Crippen LogP contribution >= 0.6 is 11.3 Å². The predicted molar refractivity (Wildman–Crippen MR) is 86.3 cm³/mol. The third-order valence-electron chi connectivity index (χ3n) is 4.87. The quantitative estimate of drug-likeness (QED) is 0.838. The summed E-state index contributed by atoms with van der Waals surface area (Å²) in [6, 6.07) is 5.35. The zero-order chi connectivity index (χ0) is 16.1. The Hall–Kier alpha value is -2.12. The number of aromatic nitrogens is 1. The molecule has 1 amide bonds. The van der Waals surface area contributed by atoms with E-state index in [9.17, 15) is 4.79 Å². The molecule has 7 heteroatoms. The van der Waals surface area contributed by atoms with E-state index < -0.39 is 0 Å². The van der Waals surface area contributed by atoms with Gasteiger partial charge in [-0.2, -0.15) is 0 Å². The van der Waals surface area contributed by atoms with Crippen molar-refractivity contribution < 1.29 is 19.0 Å². The second-order valence-corrected chi connectivity index (χ2v) is 7.23. The Morgan fingerprint density at radius 2 is 2.17 bits per heavy atom. The molecule has 2 aromatic rings. The molecule has 2 fully saturated rings. The Labute approximate surface area is 143 Å². The van der Waals surface area contributed by atoms with Crippen molar-refractivity contribution in [1.29, 1.82) is 0 Å². The van der Waals surface area contributed by atoms with Gasteiger partial charge < -0.3 is 19.1 Å². The van der Waals surface area contributed by atoms with E-state index >= 15 is 0 Å². The van der Waals surface area contributed by atoms with Crippen LogP contribution in [0.3, 0.4) is 0 Å². The van der Waals surface area contributed by atoms with E-state index in [0.29, 0.717) is 29.5 Å². The maximum Gasteiger partial charge on any atom is 0.254 e. The lowest BCUT2D eigenvalue weighted by Gasteiger charge is -2.19. The third kappa shape index (κ3) is 2.27. The maximum atomic E-state index is 12.8. The van der Waals surface area contributed by atoms with E-state index in [1.165, 1.54) is 0 Å². The van der Waals surface area contributed by atoms with Crippen molar-refractivity contribution in [3.05, 3.63) is 40.3 Å². The number of carbonyl (C=O) groups is 1. The van der Waals surface area contributed by atoms with Crippen LogP contribution in [0.25, 0.3) is 0 Å². The van der Waals surface area contributed by atoms with Gasteiger partial charge in [0.25, 0.3) is 5.91 Å². The summed E-state index contributed by atoms with van der Waals surface area (Å²) in [4.78, 5) is 19.0. The number of carbonyl (C=O) groups excluding carboxylic acids is 1. The van der Waals surface area contributed by atoms with Crippen LogP contribution in [0.5, 0.6) is 11.5 Å². The molecule has 1 aromatic heterocycles. The Bertz CT molecular complexity index is 765.